The minimum atomic E-state index is -0.383. The average Bonchev–Trinajstić information content (AvgIpc) is 2.28. The summed E-state index contributed by atoms with van der Waals surface area (Å²) in [6.45, 7) is 4.58. The van der Waals surface area contributed by atoms with Gasteiger partial charge in [-0.3, -0.25) is 0 Å². The molecule has 1 aromatic carbocycles. The number of benzene rings is 1. The van der Waals surface area contributed by atoms with Gasteiger partial charge in [-0.1, -0.05) is 30.7 Å². The molecular formula is C13H15ClFN. The number of hydrogen-bond donors (Lipinski definition) is 1. The highest BCUT2D eigenvalue weighted by Crippen LogP contribution is 2.27. The van der Waals surface area contributed by atoms with Crippen molar-refractivity contribution in [3.8, 4) is 11.8 Å². The van der Waals surface area contributed by atoms with Crippen molar-refractivity contribution in [2.45, 2.75) is 26.3 Å². The van der Waals surface area contributed by atoms with Crippen LogP contribution >= 0.6 is 11.6 Å². The van der Waals surface area contributed by atoms with Gasteiger partial charge in [0, 0.05) is 12.5 Å². The van der Waals surface area contributed by atoms with E-state index in [1.54, 1.807) is 13.0 Å². The van der Waals surface area contributed by atoms with E-state index in [9.17, 15) is 4.39 Å². The molecule has 0 saturated carbocycles. The maximum Gasteiger partial charge on any atom is 0.142 e. The van der Waals surface area contributed by atoms with Crippen molar-refractivity contribution < 1.29 is 4.39 Å². The molecule has 86 valence electrons. The van der Waals surface area contributed by atoms with Crippen molar-refractivity contribution in [3.63, 3.8) is 0 Å². The van der Waals surface area contributed by atoms with Gasteiger partial charge in [0.15, 0.2) is 0 Å². The van der Waals surface area contributed by atoms with Gasteiger partial charge in [-0.2, -0.15) is 0 Å². The first kappa shape index (κ1) is 13.0. The molecule has 0 radical (unpaired) electrons. The molecule has 0 fully saturated rings. The van der Waals surface area contributed by atoms with E-state index in [0.717, 1.165) is 12.1 Å². The predicted octanol–water partition coefficient (Wildman–Crippen LogP) is 3.54. The summed E-state index contributed by atoms with van der Waals surface area (Å²) in [4.78, 5) is 0. The Morgan fingerprint density at radius 2 is 2.25 bits per heavy atom. The van der Waals surface area contributed by atoms with Crippen molar-refractivity contribution >= 4 is 11.6 Å². The normalized spacial score (nSPS) is 11.8. The van der Waals surface area contributed by atoms with Gasteiger partial charge in [-0.15, -0.1) is 11.8 Å². The molecule has 1 rings (SSSR count). The Morgan fingerprint density at radius 1 is 1.50 bits per heavy atom. The Balaban J connectivity index is 2.98. The molecule has 0 aliphatic heterocycles. The summed E-state index contributed by atoms with van der Waals surface area (Å²) in [5.41, 5.74) is 0.770. The average molecular weight is 240 g/mol. The lowest BCUT2D eigenvalue weighted by Gasteiger charge is -2.17. The topological polar surface area (TPSA) is 12.0 Å². The van der Waals surface area contributed by atoms with Crippen LogP contribution in [0.15, 0.2) is 18.2 Å². The Labute approximate surface area is 101 Å². The van der Waals surface area contributed by atoms with E-state index < -0.39 is 0 Å². The van der Waals surface area contributed by atoms with Gasteiger partial charge in [-0.05, 0) is 25.1 Å². The largest absolute Gasteiger partial charge is 0.309 e. The number of hydrogen-bond acceptors (Lipinski definition) is 1. The zero-order valence-electron chi connectivity index (χ0n) is 9.48. The molecule has 1 nitrogen and oxygen atoms in total. The summed E-state index contributed by atoms with van der Waals surface area (Å²) < 4.78 is 13.3. The summed E-state index contributed by atoms with van der Waals surface area (Å²) >= 11 is 5.94. The number of nitrogens with one attached hydrogen (secondary N) is 1. The fourth-order valence-electron chi connectivity index (χ4n) is 1.53. The van der Waals surface area contributed by atoms with Gasteiger partial charge in [-0.25, -0.2) is 4.39 Å². The second-order valence-corrected chi connectivity index (χ2v) is 3.76. The third-order valence-electron chi connectivity index (χ3n) is 2.29. The summed E-state index contributed by atoms with van der Waals surface area (Å²) in [5.74, 6) is 5.44. The molecule has 0 aromatic heterocycles. The molecule has 1 aromatic rings. The zero-order valence-corrected chi connectivity index (χ0v) is 10.2. The lowest BCUT2D eigenvalue weighted by Crippen LogP contribution is -2.21. The highest BCUT2D eigenvalue weighted by Gasteiger charge is 2.14. The monoisotopic (exact) mass is 239 g/mol. The number of rotatable bonds is 4. The summed E-state index contributed by atoms with van der Waals surface area (Å²) in [6, 6.07) is 4.84. The van der Waals surface area contributed by atoms with E-state index >= 15 is 0 Å². The Bertz CT molecular complexity index is 406. The molecule has 1 N–H and O–H groups in total. The van der Waals surface area contributed by atoms with Crippen LogP contribution < -0.4 is 5.32 Å². The molecule has 1 atom stereocenters. The smallest absolute Gasteiger partial charge is 0.142 e. The number of halogens is 2. The first-order valence-electron chi connectivity index (χ1n) is 5.27. The molecule has 0 bridgehead atoms. The van der Waals surface area contributed by atoms with Crippen LogP contribution in [-0.2, 0) is 0 Å². The van der Waals surface area contributed by atoms with Gasteiger partial charge < -0.3 is 5.32 Å². The second-order valence-electron chi connectivity index (χ2n) is 3.38. The van der Waals surface area contributed by atoms with Crippen LogP contribution in [-0.4, -0.2) is 6.54 Å². The third-order valence-corrected chi connectivity index (χ3v) is 2.69. The van der Waals surface area contributed by atoms with Crippen molar-refractivity contribution in [1.82, 2.24) is 5.32 Å². The fourth-order valence-corrected chi connectivity index (χ4v) is 1.79. The SMILES string of the molecule is CC#CCC(NCC)c1cccc(F)c1Cl. The van der Waals surface area contributed by atoms with Crippen molar-refractivity contribution in [1.29, 1.82) is 0 Å². The summed E-state index contributed by atoms with van der Waals surface area (Å²) in [7, 11) is 0. The molecule has 1 unspecified atom stereocenters. The van der Waals surface area contributed by atoms with E-state index in [2.05, 4.69) is 17.2 Å². The highest BCUT2D eigenvalue weighted by atomic mass is 35.5. The minimum absolute atomic E-state index is 0.0133. The minimum Gasteiger partial charge on any atom is -0.309 e. The van der Waals surface area contributed by atoms with Crippen LogP contribution in [0.25, 0.3) is 0 Å². The van der Waals surface area contributed by atoms with Crippen LogP contribution in [0.2, 0.25) is 5.02 Å². The van der Waals surface area contributed by atoms with Crippen LogP contribution in [0, 0.1) is 17.7 Å². The van der Waals surface area contributed by atoms with Gasteiger partial charge in [0.2, 0.25) is 0 Å². The van der Waals surface area contributed by atoms with Crippen LogP contribution in [0.1, 0.15) is 31.9 Å². The molecule has 16 heavy (non-hydrogen) atoms. The molecule has 0 amide bonds. The molecule has 3 heteroatoms. The Hall–Kier alpha value is -1.04. The fraction of sp³-hybridized carbons (Fsp3) is 0.385. The van der Waals surface area contributed by atoms with Gasteiger partial charge in [0.1, 0.15) is 5.82 Å². The van der Waals surface area contributed by atoms with E-state index in [0.29, 0.717) is 6.42 Å². The summed E-state index contributed by atoms with van der Waals surface area (Å²) in [6.07, 6.45) is 0.632. The molecule has 0 aliphatic carbocycles. The zero-order chi connectivity index (χ0) is 12.0. The maximum absolute atomic E-state index is 13.3. The molecular weight excluding hydrogens is 225 g/mol. The Kier molecular flexibility index (Phi) is 5.31. The van der Waals surface area contributed by atoms with Gasteiger partial charge >= 0.3 is 0 Å². The maximum atomic E-state index is 13.3. The van der Waals surface area contributed by atoms with E-state index in [1.165, 1.54) is 6.07 Å². The molecule has 0 spiro atoms. The second kappa shape index (κ2) is 6.52. The van der Waals surface area contributed by atoms with E-state index in [4.69, 9.17) is 11.6 Å². The van der Waals surface area contributed by atoms with Gasteiger partial charge in [0.25, 0.3) is 0 Å². The molecule has 0 heterocycles. The van der Waals surface area contributed by atoms with Crippen LogP contribution in [0.4, 0.5) is 4.39 Å². The Morgan fingerprint density at radius 3 is 2.88 bits per heavy atom. The lowest BCUT2D eigenvalue weighted by atomic mass is 10.0. The molecule has 0 saturated heterocycles. The highest BCUT2D eigenvalue weighted by molar-refractivity contribution is 6.31. The quantitative estimate of drug-likeness (QED) is 0.793. The first-order chi connectivity index (χ1) is 7.70. The van der Waals surface area contributed by atoms with Crippen molar-refractivity contribution in [2.24, 2.45) is 0 Å². The first-order valence-corrected chi connectivity index (χ1v) is 5.65. The van der Waals surface area contributed by atoms with Crippen molar-refractivity contribution in [2.75, 3.05) is 6.54 Å². The third kappa shape index (κ3) is 3.23. The molecule has 0 aliphatic rings. The van der Waals surface area contributed by atoms with E-state index in [1.807, 2.05) is 13.0 Å². The predicted molar refractivity (Wildman–Crippen MR) is 65.9 cm³/mol. The van der Waals surface area contributed by atoms with E-state index in [-0.39, 0.29) is 16.9 Å². The lowest BCUT2D eigenvalue weighted by molar-refractivity contribution is 0.556. The summed E-state index contributed by atoms with van der Waals surface area (Å²) in [5, 5.41) is 3.43. The van der Waals surface area contributed by atoms with Crippen LogP contribution in [0.3, 0.4) is 0 Å². The van der Waals surface area contributed by atoms with Crippen LogP contribution in [0.5, 0.6) is 0 Å². The standard InChI is InChI=1S/C13H15ClFN/c1-3-5-9-12(16-4-2)10-7-6-8-11(15)13(10)14/h6-8,12,16H,4,9H2,1-2H3. The van der Waals surface area contributed by atoms with Crippen molar-refractivity contribution in [3.05, 3.63) is 34.6 Å². The van der Waals surface area contributed by atoms with Gasteiger partial charge in [0.05, 0.1) is 5.02 Å².